The fourth-order valence-corrected chi connectivity index (χ4v) is 3.80. The van der Waals surface area contributed by atoms with Crippen LogP contribution in [0.2, 0.25) is 0 Å². The van der Waals surface area contributed by atoms with Crippen LogP contribution in [0.4, 0.5) is 0 Å². The van der Waals surface area contributed by atoms with Gasteiger partial charge in [0.2, 0.25) is 0 Å². The molecule has 0 unspecified atom stereocenters. The average molecular weight is 385 g/mol. The number of H-pyrrole nitrogens is 1. The summed E-state index contributed by atoms with van der Waals surface area (Å²) >= 11 is 0. The van der Waals surface area contributed by atoms with Crippen molar-refractivity contribution in [2.75, 3.05) is 20.8 Å². The first-order valence-electron chi connectivity index (χ1n) is 9.63. The Hall–Kier alpha value is -2.76. The van der Waals surface area contributed by atoms with E-state index in [9.17, 15) is 9.59 Å². The number of methoxy groups -OCH3 is 2. The zero-order valence-electron chi connectivity index (χ0n) is 16.9. The number of ether oxygens (including phenoxy) is 3. The highest BCUT2D eigenvalue weighted by Gasteiger charge is 2.33. The maximum Gasteiger partial charge on any atom is 0.355 e. The highest BCUT2D eigenvalue weighted by Crippen LogP contribution is 2.40. The van der Waals surface area contributed by atoms with Crippen LogP contribution in [0.3, 0.4) is 0 Å². The molecule has 0 bridgehead atoms. The van der Waals surface area contributed by atoms with Gasteiger partial charge in [-0.15, -0.1) is 0 Å². The van der Waals surface area contributed by atoms with Crippen LogP contribution in [0.1, 0.15) is 69.8 Å². The summed E-state index contributed by atoms with van der Waals surface area (Å²) in [6.45, 7) is 4.23. The van der Waals surface area contributed by atoms with E-state index in [2.05, 4.69) is 4.98 Å². The van der Waals surface area contributed by atoms with Crippen LogP contribution in [0.5, 0.6) is 11.5 Å². The number of esters is 1. The number of aromatic nitrogens is 1. The minimum Gasteiger partial charge on any atom is -0.497 e. The Morgan fingerprint density at radius 3 is 2.68 bits per heavy atom. The molecule has 3 rings (SSSR count). The normalized spacial score (nSPS) is 15.9. The van der Waals surface area contributed by atoms with Crippen molar-refractivity contribution in [2.45, 2.75) is 45.4 Å². The van der Waals surface area contributed by atoms with Gasteiger partial charge >= 0.3 is 5.97 Å². The van der Waals surface area contributed by atoms with E-state index in [1.165, 1.54) is 0 Å². The summed E-state index contributed by atoms with van der Waals surface area (Å²) in [6.07, 6.45) is 2.76. The Morgan fingerprint density at radius 2 is 2.00 bits per heavy atom. The molecule has 1 heterocycles. The lowest BCUT2D eigenvalue weighted by Crippen LogP contribution is -2.19. The fraction of sp³-hybridized carbons (Fsp3) is 0.455. The molecule has 28 heavy (non-hydrogen) atoms. The number of benzene rings is 1. The molecule has 1 aromatic heterocycles. The zero-order chi connectivity index (χ0) is 20.3. The number of hydrogen-bond donors (Lipinski definition) is 1. The van der Waals surface area contributed by atoms with Gasteiger partial charge < -0.3 is 19.2 Å². The Morgan fingerprint density at radius 1 is 1.21 bits per heavy atom. The SMILES string of the molecule is CCCCOC(=O)c1[nH]c2c(c1C)C(=O)C[C@@H](c1cc(OC)ccc1OC)C2. The van der Waals surface area contributed by atoms with Crippen molar-refractivity contribution in [3.05, 3.63) is 46.3 Å². The van der Waals surface area contributed by atoms with E-state index in [1.807, 2.05) is 25.1 Å². The first kappa shape index (κ1) is 20.0. The van der Waals surface area contributed by atoms with Gasteiger partial charge in [0.25, 0.3) is 0 Å². The third-order valence-electron chi connectivity index (χ3n) is 5.30. The number of fused-ring (bicyclic) bond motifs is 1. The Labute approximate surface area is 165 Å². The molecular formula is C22H27NO5. The van der Waals surface area contributed by atoms with Gasteiger partial charge in [-0.1, -0.05) is 13.3 Å². The van der Waals surface area contributed by atoms with E-state index in [4.69, 9.17) is 14.2 Å². The van der Waals surface area contributed by atoms with Crippen molar-refractivity contribution in [1.29, 1.82) is 0 Å². The first-order valence-corrected chi connectivity index (χ1v) is 9.63. The third kappa shape index (κ3) is 3.77. The topological polar surface area (TPSA) is 77.6 Å². The van der Waals surface area contributed by atoms with Gasteiger partial charge in [0.1, 0.15) is 17.2 Å². The van der Waals surface area contributed by atoms with Crippen LogP contribution in [-0.4, -0.2) is 37.6 Å². The molecule has 6 heteroatoms. The van der Waals surface area contributed by atoms with Gasteiger partial charge in [-0.25, -0.2) is 4.79 Å². The second-order valence-electron chi connectivity index (χ2n) is 7.10. The van der Waals surface area contributed by atoms with Crippen LogP contribution >= 0.6 is 0 Å². The lowest BCUT2D eigenvalue weighted by atomic mass is 9.81. The van der Waals surface area contributed by atoms with Crippen molar-refractivity contribution in [3.63, 3.8) is 0 Å². The number of rotatable bonds is 7. The van der Waals surface area contributed by atoms with E-state index in [-0.39, 0.29) is 11.7 Å². The van der Waals surface area contributed by atoms with Gasteiger partial charge in [-0.05, 0) is 43.5 Å². The number of aromatic amines is 1. The predicted molar refractivity (Wildman–Crippen MR) is 106 cm³/mol. The molecule has 1 N–H and O–H groups in total. The quantitative estimate of drug-likeness (QED) is 0.571. The molecule has 6 nitrogen and oxygen atoms in total. The van der Waals surface area contributed by atoms with Crippen LogP contribution in [-0.2, 0) is 11.2 Å². The summed E-state index contributed by atoms with van der Waals surface area (Å²) in [5.41, 5.74) is 3.40. The molecule has 0 fully saturated rings. The molecule has 150 valence electrons. The number of unbranched alkanes of at least 4 members (excludes halogenated alkanes) is 1. The molecule has 0 saturated heterocycles. The number of Topliss-reactive ketones (excluding diaryl/α,β-unsaturated/α-hetero) is 1. The minimum atomic E-state index is -0.399. The molecule has 0 amide bonds. The van der Waals surface area contributed by atoms with Crippen LogP contribution in [0.15, 0.2) is 18.2 Å². The second-order valence-corrected chi connectivity index (χ2v) is 7.10. The maximum atomic E-state index is 12.9. The average Bonchev–Trinajstić information content (AvgIpc) is 3.04. The lowest BCUT2D eigenvalue weighted by molar-refractivity contribution is 0.0492. The van der Waals surface area contributed by atoms with Gasteiger partial charge in [-0.3, -0.25) is 4.79 Å². The maximum absolute atomic E-state index is 12.9. The lowest BCUT2D eigenvalue weighted by Gasteiger charge is -2.24. The Kier molecular flexibility index (Phi) is 6.07. The summed E-state index contributed by atoms with van der Waals surface area (Å²) < 4.78 is 16.1. The first-order chi connectivity index (χ1) is 13.5. The second kappa shape index (κ2) is 8.50. The van der Waals surface area contributed by atoms with Crippen molar-refractivity contribution < 1.29 is 23.8 Å². The number of nitrogens with one attached hydrogen (secondary N) is 1. The van der Waals surface area contributed by atoms with Crippen LogP contribution in [0.25, 0.3) is 0 Å². The van der Waals surface area contributed by atoms with E-state index >= 15 is 0 Å². The van der Waals surface area contributed by atoms with Crippen LogP contribution < -0.4 is 9.47 Å². The summed E-state index contributed by atoms with van der Waals surface area (Å²) in [4.78, 5) is 28.5. The number of hydrogen-bond acceptors (Lipinski definition) is 5. The predicted octanol–water partition coefficient (Wildman–Crippen LogP) is 4.21. The highest BCUT2D eigenvalue weighted by molar-refractivity contribution is 6.03. The molecule has 1 atom stereocenters. The van der Waals surface area contributed by atoms with Gasteiger partial charge in [-0.2, -0.15) is 0 Å². The van der Waals surface area contributed by atoms with Crippen molar-refractivity contribution in [3.8, 4) is 11.5 Å². The van der Waals surface area contributed by atoms with Crippen molar-refractivity contribution >= 4 is 11.8 Å². The molecular weight excluding hydrogens is 358 g/mol. The number of carbonyl (C=O) groups excluding carboxylic acids is 2. The molecule has 0 aliphatic heterocycles. The summed E-state index contributed by atoms with van der Waals surface area (Å²) in [7, 11) is 3.23. The molecule has 0 radical (unpaired) electrons. The molecule has 1 aliphatic rings. The molecule has 2 aromatic rings. The largest absolute Gasteiger partial charge is 0.497 e. The molecule has 1 aliphatic carbocycles. The monoisotopic (exact) mass is 385 g/mol. The third-order valence-corrected chi connectivity index (χ3v) is 5.30. The Bertz CT molecular complexity index is 883. The summed E-state index contributed by atoms with van der Waals surface area (Å²) in [5.74, 6) is 1.02. The standard InChI is InChI=1S/C22H27NO5/c1-5-6-9-28-22(25)21-13(2)20-17(23-21)10-14(11-18(20)24)16-12-15(26-3)7-8-19(16)27-4/h7-8,12,14,23H,5-6,9-11H2,1-4H3/t14-/m0/s1. The molecule has 0 saturated carbocycles. The van der Waals surface area contributed by atoms with E-state index < -0.39 is 5.97 Å². The molecule has 1 aromatic carbocycles. The van der Waals surface area contributed by atoms with Crippen LogP contribution in [0, 0.1) is 6.92 Å². The van der Waals surface area contributed by atoms with Crippen molar-refractivity contribution in [1.82, 2.24) is 4.98 Å². The van der Waals surface area contributed by atoms with E-state index in [0.717, 1.165) is 35.6 Å². The summed E-state index contributed by atoms with van der Waals surface area (Å²) in [5, 5.41) is 0. The van der Waals surface area contributed by atoms with Gasteiger partial charge in [0.05, 0.1) is 20.8 Å². The zero-order valence-corrected chi connectivity index (χ0v) is 16.9. The number of carbonyl (C=O) groups is 2. The highest BCUT2D eigenvalue weighted by atomic mass is 16.5. The number of ketones is 1. The minimum absolute atomic E-state index is 0.0254. The smallest absolute Gasteiger partial charge is 0.355 e. The molecule has 0 spiro atoms. The van der Waals surface area contributed by atoms with Gasteiger partial charge in [0.15, 0.2) is 5.78 Å². The van der Waals surface area contributed by atoms with E-state index in [0.29, 0.717) is 36.3 Å². The van der Waals surface area contributed by atoms with E-state index in [1.54, 1.807) is 21.1 Å². The van der Waals surface area contributed by atoms with Gasteiger partial charge in [0, 0.05) is 29.2 Å². The Balaban J connectivity index is 1.90. The summed E-state index contributed by atoms with van der Waals surface area (Å²) in [6, 6.07) is 5.60. The fourth-order valence-electron chi connectivity index (χ4n) is 3.80. The van der Waals surface area contributed by atoms with Crippen molar-refractivity contribution in [2.24, 2.45) is 0 Å².